The molecule has 5 aromatic rings. The first kappa shape index (κ1) is 27.1. The van der Waals surface area contributed by atoms with Gasteiger partial charge in [-0.2, -0.15) is 5.10 Å². The van der Waals surface area contributed by atoms with Crippen molar-refractivity contribution in [2.24, 2.45) is 5.92 Å². The van der Waals surface area contributed by atoms with Crippen molar-refractivity contribution < 1.29 is 23.4 Å². The number of halogens is 1. The molecule has 3 atom stereocenters. The number of aromatic nitrogens is 3. The van der Waals surface area contributed by atoms with Gasteiger partial charge in [0.2, 0.25) is 0 Å². The molecule has 3 aromatic carbocycles. The molecule has 1 saturated carbocycles. The lowest BCUT2D eigenvalue weighted by Crippen LogP contribution is -2.61. The highest BCUT2D eigenvalue weighted by molar-refractivity contribution is 5.80. The number of ether oxygens (including phenoxy) is 3. The molecule has 0 N–H and O–H groups in total. The van der Waals surface area contributed by atoms with Gasteiger partial charge in [0.05, 0.1) is 24.9 Å². The number of methoxy groups -OCH3 is 1. The van der Waals surface area contributed by atoms with Crippen molar-refractivity contribution in [1.29, 1.82) is 0 Å². The second kappa shape index (κ2) is 10.2. The van der Waals surface area contributed by atoms with Crippen LogP contribution >= 0.6 is 0 Å². The minimum Gasteiger partial charge on any atom is -0.490 e. The zero-order valence-electron chi connectivity index (χ0n) is 24.6. The van der Waals surface area contributed by atoms with E-state index in [1.165, 1.54) is 19.2 Å². The van der Waals surface area contributed by atoms with Crippen LogP contribution in [0, 0.1) is 18.7 Å². The number of hydrogen-bond acceptors (Lipinski definition) is 6. The molecule has 8 bridgehead atoms. The van der Waals surface area contributed by atoms with Gasteiger partial charge in [0, 0.05) is 52.4 Å². The van der Waals surface area contributed by atoms with Crippen molar-refractivity contribution in [3.63, 3.8) is 0 Å². The highest BCUT2D eigenvalue weighted by atomic mass is 19.1. The fourth-order valence-electron chi connectivity index (χ4n) is 6.47. The predicted molar refractivity (Wildman–Crippen MR) is 162 cm³/mol. The Morgan fingerprint density at radius 3 is 2.60 bits per heavy atom. The zero-order valence-corrected chi connectivity index (χ0v) is 24.6. The van der Waals surface area contributed by atoms with E-state index in [2.05, 4.69) is 13.8 Å². The molecular weight excluding hydrogens is 545 g/mol. The molecule has 1 aliphatic carbocycles. The molecule has 218 valence electrons. The van der Waals surface area contributed by atoms with E-state index in [9.17, 15) is 9.18 Å². The average Bonchev–Trinajstić information content (AvgIpc) is 3.44. The Labute approximate surface area is 249 Å². The van der Waals surface area contributed by atoms with Crippen molar-refractivity contribution >= 4 is 11.6 Å². The van der Waals surface area contributed by atoms with Crippen LogP contribution in [0.25, 0.3) is 39.3 Å². The number of rotatable bonds is 3. The van der Waals surface area contributed by atoms with Crippen molar-refractivity contribution in [2.75, 3.05) is 7.11 Å². The summed E-state index contributed by atoms with van der Waals surface area (Å²) < 4.78 is 34.6. The van der Waals surface area contributed by atoms with Gasteiger partial charge < -0.3 is 14.2 Å². The fraction of sp³-hybridized carbons (Fsp3) is 0.286. The van der Waals surface area contributed by atoms with Crippen molar-refractivity contribution in [3.05, 3.63) is 89.9 Å². The third-order valence-corrected chi connectivity index (χ3v) is 9.13. The van der Waals surface area contributed by atoms with Crippen LogP contribution in [0.2, 0.25) is 0 Å². The van der Waals surface area contributed by atoms with Crippen LogP contribution in [0.1, 0.15) is 37.9 Å². The minimum absolute atomic E-state index is 0.0524. The molecule has 3 unspecified atom stereocenters. The summed E-state index contributed by atoms with van der Waals surface area (Å²) in [5.41, 5.74) is 6.62. The van der Waals surface area contributed by atoms with Gasteiger partial charge in [0.15, 0.2) is 5.65 Å². The third kappa shape index (κ3) is 4.52. The lowest BCUT2D eigenvalue weighted by molar-refractivity contribution is -0.140. The zero-order chi connectivity index (χ0) is 29.9. The molecule has 2 aromatic heterocycles. The van der Waals surface area contributed by atoms with Gasteiger partial charge in [0.25, 0.3) is 0 Å². The molecule has 7 nitrogen and oxygen atoms in total. The van der Waals surface area contributed by atoms with Gasteiger partial charge in [-0.25, -0.2) is 13.9 Å². The Morgan fingerprint density at radius 1 is 1.07 bits per heavy atom. The van der Waals surface area contributed by atoms with E-state index in [1.807, 2.05) is 61.5 Å². The summed E-state index contributed by atoms with van der Waals surface area (Å²) in [6.45, 7) is 6.14. The number of hydrogen-bond donors (Lipinski definition) is 0. The van der Waals surface area contributed by atoms with Gasteiger partial charge >= 0.3 is 5.97 Å². The third-order valence-electron chi connectivity index (χ3n) is 9.13. The number of benzene rings is 3. The normalized spacial score (nSPS) is 20.4. The fourth-order valence-corrected chi connectivity index (χ4v) is 6.47. The summed E-state index contributed by atoms with van der Waals surface area (Å²) in [4.78, 5) is 17.3. The molecule has 0 amide bonds. The van der Waals surface area contributed by atoms with Crippen molar-refractivity contribution in [3.8, 4) is 45.1 Å². The topological polar surface area (TPSA) is 75.0 Å². The number of nitrogens with zero attached hydrogens (tertiary/aromatic N) is 3. The highest BCUT2D eigenvalue weighted by Crippen LogP contribution is 2.48. The van der Waals surface area contributed by atoms with Gasteiger partial charge in [-0.15, -0.1) is 0 Å². The van der Waals surface area contributed by atoms with Gasteiger partial charge in [0.1, 0.15) is 29.0 Å². The van der Waals surface area contributed by atoms with E-state index in [4.69, 9.17) is 24.3 Å². The first-order valence-electron chi connectivity index (χ1n) is 14.6. The largest absolute Gasteiger partial charge is 0.490 e. The lowest BCUT2D eigenvalue weighted by Gasteiger charge is -2.52. The van der Waals surface area contributed by atoms with E-state index < -0.39 is 5.60 Å². The summed E-state index contributed by atoms with van der Waals surface area (Å²) in [6.07, 6.45) is 1.46. The van der Waals surface area contributed by atoms with Crippen LogP contribution in [0.4, 0.5) is 4.39 Å². The summed E-state index contributed by atoms with van der Waals surface area (Å²) >= 11 is 0. The van der Waals surface area contributed by atoms with Crippen LogP contribution < -0.4 is 9.47 Å². The monoisotopic (exact) mass is 577 g/mol. The Morgan fingerprint density at radius 2 is 1.86 bits per heavy atom. The van der Waals surface area contributed by atoms with Crippen molar-refractivity contribution in [1.82, 2.24) is 14.6 Å². The van der Waals surface area contributed by atoms with Crippen LogP contribution in [0.15, 0.2) is 72.8 Å². The van der Waals surface area contributed by atoms with Gasteiger partial charge in [-0.3, -0.25) is 4.79 Å². The molecule has 0 radical (unpaired) electrons. The lowest BCUT2D eigenvalue weighted by atomic mass is 9.66. The quantitative estimate of drug-likeness (QED) is 0.211. The van der Waals surface area contributed by atoms with E-state index in [1.54, 1.807) is 10.6 Å². The average molecular weight is 578 g/mol. The first-order chi connectivity index (χ1) is 20.8. The van der Waals surface area contributed by atoms with Gasteiger partial charge in [-0.1, -0.05) is 32.0 Å². The standard InChI is InChI=1S/C35H32FN3O4/c1-5-35-19-31(20(35)2)42-26-12-9-22(10-13-26)34-28(17-33(40)41-4)21(3)37-32-18-29(38-39(32)34)24-8-6-7-23(15-24)27-14-11-25(36)16-30(27)43-35/h6-16,18,20,31H,5,17,19H2,1-4H3. The summed E-state index contributed by atoms with van der Waals surface area (Å²) in [6, 6.07) is 22.5. The molecule has 9 rings (SSSR count). The van der Waals surface area contributed by atoms with Crippen LogP contribution in [-0.4, -0.2) is 39.4 Å². The second-order valence-electron chi connectivity index (χ2n) is 11.5. The number of fused-ring (bicyclic) bond motifs is 1. The van der Waals surface area contributed by atoms with Crippen LogP contribution in [0.5, 0.6) is 11.5 Å². The smallest absolute Gasteiger partial charge is 0.310 e. The highest BCUT2D eigenvalue weighted by Gasteiger charge is 2.54. The van der Waals surface area contributed by atoms with Gasteiger partial charge in [-0.05, 0) is 61.4 Å². The SMILES string of the molecule is CCC12CC(Oc3ccc(cc3)-c3c(CC(=O)OC)c(C)nc4cc(nn34)-c3cccc(c3)-c3ccc(F)cc3O1)C2C. The van der Waals surface area contributed by atoms with Crippen LogP contribution in [0.3, 0.4) is 0 Å². The number of carbonyl (C=O) groups is 1. The summed E-state index contributed by atoms with van der Waals surface area (Å²) in [5, 5.41) is 4.99. The molecule has 3 aliphatic heterocycles. The Balaban J connectivity index is 1.46. The van der Waals surface area contributed by atoms with Crippen LogP contribution in [-0.2, 0) is 16.0 Å². The Hall–Kier alpha value is -4.72. The Bertz CT molecular complexity index is 1880. The molecule has 4 aliphatic rings. The molecule has 0 spiro atoms. The minimum atomic E-state index is -0.476. The molecule has 0 saturated heterocycles. The maximum atomic E-state index is 14.6. The maximum absolute atomic E-state index is 14.6. The number of aryl methyl sites for hydroxylation is 1. The molecule has 1 fully saturated rings. The maximum Gasteiger partial charge on any atom is 0.310 e. The summed E-state index contributed by atoms with van der Waals surface area (Å²) in [5.74, 6) is 0.631. The van der Waals surface area contributed by atoms with E-state index in [-0.39, 0.29) is 30.2 Å². The Kier molecular flexibility index (Phi) is 6.45. The number of esters is 1. The van der Waals surface area contributed by atoms with Crippen molar-refractivity contribution in [2.45, 2.75) is 51.7 Å². The van der Waals surface area contributed by atoms with E-state index >= 15 is 0 Å². The molecule has 8 heteroatoms. The van der Waals surface area contributed by atoms with E-state index in [0.29, 0.717) is 17.8 Å². The molecular formula is C35H32FN3O4. The second-order valence-corrected chi connectivity index (χ2v) is 11.5. The first-order valence-corrected chi connectivity index (χ1v) is 14.6. The molecule has 5 heterocycles. The van der Waals surface area contributed by atoms with E-state index in [0.717, 1.165) is 57.1 Å². The summed E-state index contributed by atoms with van der Waals surface area (Å²) in [7, 11) is 1.38. The predicted octanol–water partition coefficient (Wildman–Crippen LogP) is 7.22. The molecule has 43 heavy (non-hydrogen) atoms. The number of carbonyl (C=O) groups excluding carboxylic acids is 1.